The zero-order chi connectivity index (χ0) is 35.7. The summed E-state index contributed by atoms with van der Waals surface area (Å²) >= 11 is 0. The van der Waals surface area contributed by atoms with Crippen molar-refractivity contribution >= 4 is 21.9 Å². The molecule has 9 aromatic rings. The highest BCUT2D eigenvalue weighted by atomic mass is 16.3. The van der Waals surface area contributed by atoms with E-state index < -0.39 is 0 Å². The lowest BCUT2D eigenvalue weighted by molar-refractivity contribution is 0.669. The molecule has 6 nitrogen and oxygen atoms in total. The molecule has 0 amide bonds. The van der Waals surface area contributed by atoms with Crippen molar-refractivity contribution in [2.24, 2.45) is 0 Å². The van der Waals surface area contributed by atoms with Crippen molar-refractivity contribution in [2.45, 2.75) is 0 Å². The summed E-state index contributed by atoms with van der Waals surface area (Å²) in [6, 6.07) is 58.1. The van der Waals surface area contributed by atoms with Gasteiger partial charge in [0.15, 0.2) is 17.5 Å². The lowest BCUT2D eigenvalue weighted by Crippen LogP contribution is -2.01. The number of aromatic nitrogens is 3. The number of nitrogens with zero attached hydrogens (tertiary/aromatic N) is 5. The molecule has 0 unspecified atom stereocenters. The Morgan fingerprint density at radius 3 is 1.49 bits per heavy atom. The van der Waals surface area contributed by atoms with Gasteiger partial charge in [-0.2, -0.15) is 10.5 Å². The minimum Gasteiger partial charge on any atom is -0.455 e. The number of para-hydroxylation sites is 1. The van der Waals surface area contributed by atoms with Crippen LogP contribution < -0.4 is 0 Å². The van der Waals surface area contributed by atoms with Gasteiger partial charge in [-0.15, -0.1) is 0 Å². The molecule has 0 N–H and O–H groups in total. The first kappa shape index (κ1) is 31.3. The van der Waals surface area contributed by atoms with E-state index in [1.54, 1.807) is 12.1 Å². The van der Waals surface area contributed by atoms with Gasteiger partial charge in [0.2, 0.25) is 0 Å². The Bertz CT molecular complexity index is 2780. The lowest BCUT2D eigenvalue weighted by Gasteiger charge is -2.15. The van der Waals surface area contributed by atoms with Crippen LogP contribution in [0.1, 0.15) is 11.1 Å². The Hall–Kier alpha value is -7.67. The molecule has 246 valence electrons. The van der Waals surface area contributed by atoms with Gasteiger partial charge in [-0.1, -0.05) is 109 Å². The maximum absolute atomic E-state index is 9.75. The second-order valence-electron chi connectivity index (χ2n) is 12.7. The van der Waals surface area contributed by atoms with Crippen molar-refractivity contribution in [3.05, 3.63) is 175 Å². The maximum atomic E-state index is 9.75. The fourth-order valence-electron chi connectivity index (χ4n) is 6.82. The molecule has 0 saturated carbocycles. The predicted molar refractivity (Wildman–Crippen MR) is 209 cm³/mol. The number of furan rings is 1. The molecule has 0 fully saturated rings. The van der Waals surface area contributed by atoms with Crippen LogP contribution in [0, 0.1) is 22.7 Å². The van der Waals surface area contributed by atoms with E-state index in [1.165, 1.54) is 0 Å². The van der Waals surface area contributed by atoms with E-state index in [9.17, 15) is 10.5 Å². The minimum absolute atomic E-state index is 0.474. The van der Waals surface area contributed by atoms with Gasteiger partial charge in [-0.25, -0.2) is 15.0 Å². The standard InChI is InChI=1S/C47H27N5O/c48-28-30-11-9-17-34(23-30)36-25-37(35-18-10-12-31(24-35)29-49)27-38(26-36)39-21-22-41-40-19-7-8-20-42(40)53-44(41)43(39)47-51-45(32-13-3-1-4-14-32)50-46(52-47)33-15-5-2-6-16-33/h1-27H. The van der Waals surface area contributed by atoms with Crippen molar-refractivity contribution in [1.82, 2.24) is 15.0 Å². The molecule has 0 bridgehead atoms. The van der Waals surface area contributed by atoms with Crippen LogP contribution in [0.5, 0.6) is 0 Å². The van der Waals surface area contributed by atoms with E-state index in [1.807, 2.05) is 115 Å². The molecule has 0 saturated heterocycles. The second kappa shape index (κ2) is 13.2. The molecular weight excluding hydrogens is 651 g/mol. The second-order valence-corrected chi connectivity index (χ2v) is 12.7. The van der Waals surface area contributed by atoms with Crippen LogP contribution in [0.15, 0.2) is 168 Å². The fourth-order valence-corrected chi connectivity index (χ4v) is 6.82. The van der Waals surface area contributed by atoms with Gasteiger partial charge in [-0.3, -0.25) is 0 Å². The van der Waals surface area contributed by atoms with Crippen molar-refractivity contribution in [3.8, 4) is 79.7 Å². The van der Waals surface area contributed by atoms with E-state index >= 15 is 0 Å². The van der Waals surface area contributed by atoms with Gasteiger partial charge in [-0.05, 0) is 88.0 Å². The summed E-state index contributed by atoms with van der Waals surface area (Å²) in [5.41, 5.74) is 10.4. The summed E-state index contributed by atoms with van der Waals surface area (Å²) in [7, 11) is 0. The van der Waals surface area contributed by atoms with Gasteiger partial charge < -0.3 is 4.42 Å². The fraction of sp³-hybridized carbons (Fsp3) is 0. The molecule has 0 aliphatic carbocycles. The Balaban J connectivity index is 1.37. The van der Waals surface area contributed by atoms with Crippen LogP contribution in [0.4, 0.5) is 0 Å². The summed E-state index contributed by atoms with van der Waals surface area (Å²) in [4.78, 5) is 15.3. The van der Waals surface area contributed by atoms with Crippen LogP contribution in [-0.2, 0) is 0 Å². The quantitative estimate of drug-likeness (QED) is 0.174. The molecule has 9 rings (SSSR count). The van der Waals surface area contributed by atoms with Crippen LogP contribution in [-0.4, -0.2) is 15.0 Å². The molecule has 2 aromatic heterocycles. The Morgan fingerprint density at radius 2 is 0.906 bits per heavy atom. The third kappa shape index (κ3) is 5.87. The van der Waals surface area contributed by atoms with Gasteiger partial charge in [0.25, 0.3) is 0 Å². The molecule has 0 spiro atoms. The lowest BCUT2D eigenvalue weighted by atomic mass is 9.90. The normalized spacial score (nSPS) is 11.0. The number of fused-ring (bicyclic) bond motifs is 3. The first-order valence-corrected chi connectivity index (χ1v) is 17.1. The van der Waals surface area contributed by atoms with Crippen molar-refractivity contribution < 1.29 is 4.42 Å². The van der Waals surface area contributed by atoms with E-state index in [4.69, 9.17) is 19.4 Å². The van der Waals surface area contributed by atoms with Gasteiger partial charge in [0, 0.05) is 21.9 Å². The molecule has 0 aliphatic rings. The van der Waals surface area contributed by atoms with Crippen LogP contribution >= 0.6 is 0 Å². The van der Waals surface area contributed by atoms with E-state index in [0.29, 0.717) is 34.2 Å². The average Bonchev–Trinajstić information content (AvgIpc) is 3.62. The summed E-state index contributed by atoms with van der Waals surface area (Å²) in [5, 5.41) is 21.4. The third-order valence-electron chi connectivity index (χ3n) is 9.36. The Morgan fingerprint density at radius 1 is 0.396 bits per heavy atom. The topological polar surface area (TPSA) is 99.4 Å². The third-order valence-corrected chi connectivity index (χ3v) is 9.36. The zero-order valence-corrected chi connectivity index (χ0v) is 28.2. The SMILES string of the molecule is N#Cc1cccc(-c2cc(-c3cccc(C#N)c3)cc(-c3ccc4c(oc5ccccc54)c3-c3nc(-c4ccccc4)nc(-c4ccccc4)n3)c2)c1. The van der Waals surface area contributed by atoms with Crippen molar-refractivity contribution in [3.63, 3.8) is 0 Å². The highest BCUT2D eigenvalue weighted by molar-refractivity contribution is 6.12. The maximum Gasteiger partial charge on any atom is 0.168 e. The highest BCUT2D eigenvalue weighted by Crippen LogP contribution is 2.43. The molecule has 0 atom stereocenters. The number of hydrogen-bond acceptors (Lipinski definition) is 6. The van der Waals surface area contributed by atoms with Crippen molar-refractivity contribution in [2.75, 3.05) is 0 Å². The van der Waals surface area contributed by atoms with Crippen molar-refractivity contribution in [1.29, 1.82) is 10.5 Å². The summed E-state index contributed by atoms with van der Waals surface area (Å²) < 4.78 is 6.71. The molecule has 7 aromatic carbocycles. The minimum atomic E-state index is 0.474. The van der Waals surface area contributed by atoms with Gasteiger partial charge in [0.05, 0.1) is 28.8 Å². The first-order chi connectivity index (χ1) is 26.1. The average molecular weight is 678 g/mol. The van der Waals surface area contributed by atoms with Gasteiger partial charge >= 0.3 is 0 Å². The number of nitriles is 2. The number of rotatable bonds is 6. The van der Waals surface area contributed by atoms with E-state index in [0.717, 1.165) is 66.4 Å². The van der Waals surface area contributed by atoms with Gasteiger partial charge in [0.1, 0.15) is 11.2 Å². The highest BCUT2D eigenvalue weighted by Gasteiger charge is 2.23. The Kier molecular flexibility index (Phi) is 7.82. The largest absolute Gasteiger partial charge is 0.455 e. The molecule has 6 heteroatoms. The molecule has 0 radical (unpaired) electrons. The summed E-state index contributed by atoms with van der Waals surface area (Å²) in [6.45, 7) is 0. The molecular formula is C47H27N5O. The Labute approximate surface area is 305 Å². The van der Waals surface area contributed by atoms with E-state index in [2.05, 4.69) is 48.5 Å². The summed E-state index contributed by atoms with van der Waals surface area (Å²) in [5.74, 6) is 1.57. The number of benzene rings is 7. The van der Waals surface area contributed by atoms with Crippen LogP contribution in [0.3, 0.4) is 0 Å². The predicted octanol–water partition coefficient (Wildman–Crippen LogP) is 11.5. The monoisotopic (exact) mass is 677 g/mol. The smallest absolute Gasteiger partial charge is 0.168 e. The summed E-state index contributed by atoms with van der Waals surface area (Å²) in [6.07, 6.45) is 0. The molecule has 53 heavy (non-hydrogen) atoms. The molecule has 2 heterocycles. The van der Waals surface area contributed by atoms with E-state index in [-0.39, 0.29) is 0 Å². The van der Waals surface area contributed by atoms with Crippen LogP contribution in [0.25, 0.3) is 89.5 Å². The zero-order valence-electron chi connectivity index (χ0n) is 28.2. The van der Waals surface area contributed by atoms with Crippen LogP contribution in [0.2, 0.25) is 0 Å². The molecule has 0 aliphatic heterocycles. The first-order valence-electron chi connectivity index (χ1n) is 17.1. The number of hydrogen-bond donors (Lipinski definition) is 0.